The molecule has 4 aliphatic carbocycles. The molecule has 1 aromatic carbocycles. The van der Waals surface area contributed by atoms with Gasteiger partial charge in [0, 0.05) is 5.41 Å². The van der Waals surface area contributed by atoms with Gasteiger partial charge < -0.3 is 4.90 Å². The number of likely N-dealkylation sites (N-methyl/N-ethyl adjacent to an activating group) is 1. The average molecular weight is 297 g/mol. The van der Waals surface area contributed by atoms with Crippen LogP contribution in [0.3, 0.4) is 0 Å². The Labute approximate surface area is 133 Å². The first kappa shape index (κ1) is 14.4. The zero-order chi connectivity index (χ0) is 15.4. The first-order valence-corrected chi connectivity index (χ1v) is 8.75. The van der Waals surface area contributed by atoms with Crippen LogP contribution in [-0.4, -0.2) is 31.3 Å². The Balaban J connectivity index is 1.71. The highest BCUT2D eigenvalue weighted by Crippen LogP contribution is 2.65. The Morgan fingerprint density at radius 1 is 1.09 bits per heavy atom. The monoisotopic (exact) mass is 297 g/mol. The fraction of sp³-hybridized carbons (Fsp3) is 0.650. The Hall–Kier alpha value is -1.15. The second-order valence-electron chi connectivity index (χ2n) is 8.55. The highest BCUT2D eigenvalue weighted by molar-refractivity contribution is 5.87. The van der Waals surface area contributed by atoms with Crippen LogP contribution < -0.4 is 0 Å². The standard InChI is InChI=1S/C20H27NO/c1-21(2)13-18(22)20-11-15-8-16(12-20)10-19(9-15,14-20)17-6-4-3-5-7-17/h3-7,15-16H,8-14H2,1-2H3. The minimum atomic E-state index is -0.0236. The normalized spacial score (nSPS) is 39.4. The molecule has 4 aliphatic rings. The molecular formula is C20H27NO. The van der Waals surface area contributed by atoms with Crippen molar-refractivity contribution in [2.24, 2.45) is 17.3 Å². The lowest BCUT2D eigenvalue weighted by atomic mass is 9.42. The molecule has 0 aliphatic heterocycles. The largest absolute Gasteiger partial charge is 0.302 e. The van der Waals surface area contributed by atoms with Crippen LogP contribution in [-0.2, 0) is 10.2 Å². The van der Waals surface area contributed by atoms with Crippen molar-refractivity contribution in [3.05, 3.63) is 35.9 Å². The Morgan fingerprint density at radius 2 is 1.73 bits per heavy atom. The van der Waals surface area contributed by atoms with E-state index < -0.39 is 0 Å². The van der Waals surface area contributed by atoms with Gasteiger partial charge in [-0.3, -0.25) is 4.79 Å². The summed E-state index contributed by atoms with van der Waals surface area (Å²) in [6.45, 7) is 0.615. The summed E-state index contributed by atoms with van der Waals surface area (Å²) in [5.41, 5.74) is 1.75. The molecule has 4 bridgehead atoms. The molecule has 2 nitrogen and oxygen atoms in total. The van der Waals surface area contributed by atoms with Crippen LogP contribution in [0.5, 0.6) is 0 Å². The minimum absolute atomic E-state index is 0.0236. The smallest absolute Gasteiger partial charge is 0.152 e. The molecular weight excluding hydrogens is 270 g/mol. The van der Waals surface area contributed by atoms with Gasteiger partial charge in [0.1, 0.15) is 0 Å². The molecule has 0 saturated heterocycles. The van der Waals surface area contributed by atoms with E-state index in [0.29, 0.717) is 12.3 Å². The molecule has 22 heavy (non-hydrogen) atoms. The van der Waals surface area contributed by atoms with Gasteiger partial charge in [-0.05, 0) is 75.4 Å². The van der Waals surface area contributed by atoms with Gasteiger partial charge in [-0.1, -0.05) is 30.3 Å². The summed E-state index contributed by atoms with van der Waals surface area (Å²) in [4.78, 5) is 15.1. The van der Waals surface area contributed by atoms with E-state index in [4.69, 9.17) is 0 Å². The molecule has 0 amide bonds. The second kappa shape index (κ2) is 4.92. The first-order chi connectivity index (χ1) is 10.5. The van der Waals surface area contributed by atoms with E-state index in [2.05, 4.69) is 35.2 Å². The lowest BCUT2D eigenvalue weighted by molar-refractivity contribution is -0.147. The Bertz CT molecular complexity index is 563. The van der Waals surface area contributed by atoms with Gasteiger partial charge in [-0.2, -0.15) is 0 Å². The van der Waals surface area contributed by atoms with Crippen LogP contribution in [0.25, 0.3) is 0 Å². The van der Waals surface area contributed by atoms with E-state index in [1.807, 2.05) is 14.1 Å². The maximum absolute atomic E-state index is 13.0. The van der Waals surface area contributed by atoms with Crippen LogP contribution in [0.2, 0.25) is 0 Å². The number of hydrogen-bond donors (Lipinski definition) is 0. The third-order valence-corrected chi connectivity index (χ3v) is 6.50. The number of rotatable bonds is 4. The lowest BCUT2D eigenvalue weighted by Gasteiger charge is -2.62. The summed E-state index contributed by atoms with van der Waals surface area (Å²) in [6, 6.07) is 11.1. The topological polar surface area (TPSA) is 20.3 Å². The molecule has 118 valence electrons. The van der Waals surface area contributed by atoms with Gasteiger partial charge in [-0.25, -0.2) is 0 Å². The quantitative estimate of drug-likeness (QED) is 0.845. The third kappa shape index (κ3) is 2.15. The van der Waals surface area contributed by atoms with E-state index in [9.17, 15) is 4.79 Å². The van der Waals surface area contributed by atoms with Gasteiger partial charge in [0.05, 0.1) is 6.54 Å². The Morgan fingerprint density at radius 3 is 2.32 bits per heavy atom. The molecule has 4 saturated carbocycles. The molecule has 0 aromatic heterocycles. The summed E-state index contributed by atoms with van der Waals surface area (Å²) < 4.78 is 0. The van der Waals surface area contributed by atoms with Gasteiger partial charge in [0.2, 0.25) is 0 Å². The van der Waals surface area contributed by atoms with Gasteiger partial charge >= 0.3 is 0 Å². The van der Waals surface area contributed by atoms with E-state index in [1.165, 1.54) is 24.8 Å². The van der Waals surface area contributed by atoms with Gasteiger partial charge in [0.25, 0.3) is 0 Å². The number of Topliss-reactive ketones (excluding diaryl/α,β-unsaturated/α-hetero) is 1. The van der Waals surface area contributed by atoms with Crippen molar-refractivity contribution in [3.63, 3.8) is 0 Å². The third-order valence-electron chi connectivity index (χ3n) is 6.50. The summed E-state index contributed by atoms with van der Waals surface area (Å²) in [7, 11) is 4.04. The number of carbonyl (C=O) groups is 1. The highest BCUT2D eigenvalue weighted by atomic mass is 16.1. The van der Waals surface area contributed by atoms with Crippen molar-refractivity contribution in [1.29, 1.82) is 0 Å². The molecule has 0 heterocycles. The fourth-order valence-corrected chi connectivity index (χ4v) is 6.17. The number of carbonyl (C=O) groups excluding carboxylic acids is 1. The summed E-state index contributed by atoms with van der Waals surface area (Å²) in [5.74, 6) is 2.05. The molecule has 2 heteroatoms. The van der Waals surface area contributed by atoms with E-state index >= 15 is 0 Å². The lowest BCUT2D eigenvalue weighted by Crippen LogP contribution is -2.57. The summed E-state index contributed by atoms with van der Waals surface area (Å²) in [6.07, 6.45) is 7.40. The van der Waals surface area contributed by atoms with Crippen LogP contribution in [0, 0.1) is 17.3 Å². The Kier molecular flexibility index (Phi) is 3.23. The molecule has 5 rings (SSSR count). The number of nitrogens with zero attached hydrogens (tertiary/aromatic N) is 1. The fourth-order valence-electron chi connectivity index (χ4n) is 6.17. The van der Waals surface area contributed by atoms with Crippen LogP contribution in [0.1, 0.15) is 44.1 Å². The number of hydrogen-bond acceptors (Lipinski definition) is 2. The molecule has 2 atom stereocenters. The number of benzene rings is 1. The highest BCUT2D eigenvalue weighted by Gasteiger charge is 2.60. The van der Waals surface area contributed by atoms with Crippen molar-refractivity contribution in [1.82, 2.24) is 4.90 Å². The zero-order valence-corrected chi connectivity index (χ0v) is 13.8. The predicted octanol–water partition coefficient (Wildman–Crippen LogP) is 3.66. The SMILES string of the molecule is CN(C)CC(=O)C12CC3CC(C1)CC(c1ccccc1)(C3)C2. The first-order valence-electron chi connectivity index (χ1n) is 8.75. The van der Waals surface area contributed by atoms with Gasteiger partial charge in [0.15, 0.2) is 5.78 Å². The predicted molar refractivity (Wildman–Crippen MR) is 88.8 cm³/mol. The zero-order valence-electron chi connectivity index (χ0n) is 13.8. The maximum atomic E-state index is 13.0. The van der Waals surface area contributed by atoms with E-state index in [-0.39, 0.29) is 10.8 Å². The van der Waals surface area contributed by atoms with Crippen molar-refractivity contribution in [3.8, 4) is 0 Å². The molecule has 4 fully saturated rings. The summed E-state index contributed by atoms with van der Waals surface area (Å²) >= 11 is 0. The van der Waals surface area contributed by atoms with E-state index in [1.54, 1.807) is 0 Å². The minimum Gasteiger partial charge on any atom is -0.302 e. The molecule has 0 radical (unpaired) electrons. The van der Waals surface area contributed by atoms with Crippen molar-refractivity contribution >= 4 is 5.78 Å². The summed E-state index contributed by atoms with van der Waals surface area (Å²) in [5, 5.41) is 0. The van der Waals surface area contributed by atoms with E-state index in [0.717, 1.165) is 31.1 Å². The second-order valence-corrected chi connectivity index (χ2v) is 8.55. The molecule has 2 unspecified atom stereocenters. The average Bonchev–Trinajstić information content (AvgIpc) is 2.46. The van der Waals surface area contributed by atoms with Crippen LogP contribution >= 0.6 is 0 Å². The van der Waals surface area contributed by atoms with Crippen molar-refractivity contribution in [2.45, 2.75) is 43.9 Å². The number of ketones is 1. The van der Waals surface area contributed by atoms with Gasteiger partial charge in [-0.15, -0.1) is 0 Å². The van der Waals surface area contributed by atoms with Crippen molar-refractivity contribution < 1.29 is 4.79 Å². The van der Waals surface area contributed by atoms with Crippen LogP contribution in [0.15, 0.2) is 30.3 Å². The molecule has 1 aromatic rings. The van der Waals surface area contributed by atoms with Crippen molar-refractivity contribution in [2.75, 3.05) is 20.6 Å². The van der Waals surface area contributed by atoms with Crippen LogP contribution in [0.4, 0.5) is 0 Å². The molecule has 0 N–H and O–H groups in total. The maximum Gasteiger partial charge on any atom is 0.152 e. The molecule has 0 spiro atoms.